The standard InChI is InChI=1S/C13H19N5/c1-2-3-13(4-5-13)9-16-11-12-15-6-7-18(12)8-10(14)17-11/h6-8H,2-5,9,14H2,1H3,(H,16,17). The molecule has 0 saturated heterocycles. The first-order valence-electron chi connectivity index (χ1n) is 6.55. The highest BCUT2D eigenvalue weighted by molar-refractivity contribution is 5.64. The maximum absolute atomic E-state index is 5.80. The molecule has 18 heavy (non-hydrogen) atoms. The van der Waals surface area contributed by atoms with E-state index in [1.54, 1.807) is 12.4 Å². The Labute approximate surface area is 106 Å². The SMILES string of the molecule is CCCC1(CNc2nc(N)cn3ccnc23)CC1. The van der Waals surface area contributed by atoms with Crippen molar-refractivity contribution < 1.29 is 0 Å². The van der Waals surface area contributed by atoms with E-state index >= 15 is 0 Å². The van der Waals surface area contributed by atoms with Crippen LogP contribution < -0.4 is 11.1 Å². The van der Waals surface area contributed by atoms with Crippen molar-refractivity contribution in [3.63, 3.8) is 0 Å². The van der Waals surface area contributed by atoms with Gasteiger partial charge in [-0.3, -0.25) is 0 Å². The Bertz CT molecular complexity index is 556. The van der Waals surface area contributed by atoms with Crippen molar-refractivity contribution >= 4 is 17.3 Å². The quantitative estimate of drug-likeness (QED) is 0.848. The lowest BCUT2D eigenvalue weighted by molar-refractivity contribution is 0.485. The second kappa shape index (κ2) is 4.15. The van der Waals surface area contributed by atoms with Crippen LogP contribution in [0.4, 0.5) is 11.6 Å². The first-order valence-corrected chi connectivity index (χ1v) is 6.55. The van der Waals surface area contributed by atoms with E-state index in [2.05, 4.69) is 22.2 Å². The van der Waals surface area contributed by atoms with Gasteiger partial charge in [-0.1, -0.05) is 13.3 Å². The maximum atomic E-state index is 5.80. The number of aromatic nitrogens is 3. The Morgan fingerprint density at radius 3 is 3.06 bits per heavy atom. The zero-order valence-corrected chi connectivity index (χ0v) is 10.7. The summed E-state index contributed by atoms with van der Waals surface area (Å²) < 4.78 is 1.91. The molecule has 2 aromatic rings. The summed E-state index contributed by atoms with van der Waals surface area (Å²) in [6.45, 7) is 3.21. The molecule has 1 saturated carbocycles. The van der Waals surface area contributed by atoms with Crippen molar-refractivity contribution in [3.05, 3.63) is 18.6 Å². The molecule has 1 aliphatic rings. The van der Waals surface area contributed by atoms with Crippen molar-refractivity contribution in [2.75, 3.05) is 17.6 Å². The van der Waals surface area contributed by atoms with Crippen molar-refractivity contribution in [1.82, 2.24) is 14.4 Å². The van der Waals surface area contributed by atoms with Crippen LogP contribution in [-0.2, 0) is 0 Å². The van der Waals surface area contributed by atoms with Crippen LogP contribution in [0.5, 0.6) is 0 Å². The lowest BCUT2D eigenvalue weighted by atomic mass is 10.0. The topological polar surface area (TPSA) is 68.2 Å². The lowest BCUT2D eigenvalue weighted by Gasteiger charge is -2.15. The molecule has 0 bridgehead atoms. The number of imidazole rings is 1. The number of rotatable bonds is 5. The number of hydrogen-bond acceptors (Lipinski definition) is 4. The van der Waals surface area contributed by atoms with Gasteiger partial charge in [-0.2, -0.15) is 0 Å². The van der Waals surface area contributed by atoms with E-state index in [0.29, 0.717) is 11.2 Å². The minimum atomic E-state index is 0.491. The Morgan fingerprint density at radius 1 is 1.50 bits per heavy atom. The number of nitrogens with two attached hydrogens (primary N) is 1. The van der Waals surface area contributed by atoms with Gasteiger partial charge in [-0.05, 0) is 24.7 Å². The summed E-state index contributed by atoms with van der Waals surface area (Å²) in [5, 5.41) is 3.43. The number of anilines is 2. The fraction of sp³-hybridized carbons (Fsp3) is 0.538. The van der Waals surface area contributed by atoms with Gasteiger partial charge in [0.2, 0.25) is 0 Å². The summed E-state index contributed by atoms with van der Waals surface area (Å²) in [5.74, 6) is 1.31. The molecule has 5 nitrogen and oxygen atoms in total. The fourth-order valence-corrected chi connectivity index (χ4v) is 2.56. The zero-order chi connectivity index (χ0) is 12.6. The van der Waals surface area contributed by atoms with E-state index in [1.165, 1.54) is 25.7 Å². The van der Waals surface area contributed by atoms with Gasteiger partial charge in [0, 0.05) is 18.9 Å². The highest BCUT2D eigenvalue weighted by atomic mass is 15.1. The van der Waals surface area contributed by atoms with Crippen molar-refractivity contribution in [1.29, 1.82) is 0 Å². The first-order chi connectivity index (χ1) is 8.72. The molecule has 3 rings (SSSR count). The van der Waals surface area contributed by atoms with Gasteiger partial charge >= 0.3 is 0 Å². The number of nitrogens with zero attached hydrogens (tertiary/aromatic N) is 3. The normalized spacial score (nSPS) is 16.9. The molecule has 96 valence electrons. The summed E-state index contributed by atoms with van der Waals surface area (Å²) in [7, 11) is 0. The molecular weight excluding hydrogens is 226 g/mol. The van der Waals surface area contributed by atoms with Crippen molar-refractivity contribution in [2.24, 2.45) is 5.41 Å². The van der Waals surface area contributed by atoms with Crippen molar-refractivity contribution in [2.45, 2.75) is 32.6 Å². The van der Waals surface area contributed by atoms with Gasteiger partial charge in [0.15, 0.2) is 11.5 Å². The van der Waals surface area contributed by atoms with Gasteiger partial charge in [-0.15, -0.1) is 0 Å². The fourth-order valence-electron chi connectivity index (χ4n) is 2.56. The van der Waals surface area contributed by atoms with Gasteiger partial charge in [0.05, 0.1) is 6.20 Å². The predicted molar refractivity (Wildman–Crippen MR) is 72.5 cm³/mol. The predicted octanol–water partition coefficient (Wildman–Crippen LogP) is 2.30. The molecule has 3 N–H and O–H groups in total. The summed E-state index contributed by atoms with van der Waals surface area (Å²) in [6.07, 6.45) is 10.6. The van der Waals surface area contributed by atoms with Gasteiger partial charge in [0.1, 0.15) is 5.82 Å². The summed E-state index contributed by atoms with van der Waals surface area (Å²) in [6, 6.07) is 0. The lowest BCUT2D eigenvalue weighted by Crippen LogP contribution is -2.17. The molecule has 0 aliphatic heterocycles. The average Bonchev–Trinajstić information content (AvgIpc) is 2.94. The monoisotopic (exact) mass is 245 g/mol. The van der Waals surface area contributed by atoms with Crippen LogP contribution >= 0.6 is 0 Å². The van der Waals surface area contributed by atoms with Crippen LogP contribution in [0.1, 0.15) is 32.6 Å². The van der Waals surface area contributed by atoms with E-state index in [9.17, 15) is 0 Å². The third-order valence-corrected chi connectivity index (χ3v) is 3.76. The van der Waals surface area contributed by atoms with Gasteiger partial charge in [-0.25, -0.2) is 9.97 Å². The van der Waals surface area contributed by atoms with Crippen LogP contribution in [0.3, 0.4) is 0 Å². The van der Waals surface area contributed by atoms with Crippen LogP contribution in [0.15, 0.2) is 18.6 Å². The summed E-state index contributed by atoms with van der Waals surface area (Å²) in [4.78, 5) is 8.66. The molecule has 0 amide bonds. The number of nitrogens with one attached hydrogen (secondary N) is 1. The molecule has 0 spiro atoms. The number of fused-ring (bicyclic) bond motifs is 1. The number of hydrogen-bond donors (Lipinski definition) is 2. The smallest absolute Gasteiger partial charge is 0.180 e. The molecule has 1 fully saturated rings. The molecule has 5 heteroatoms. The maximum Gasteiger partial charge on any atom is 0.180 e. The Balaban J connectivity index is 1.80. The second-order valence-corrected chi connectivity index (χ2v) is 5.28. The Hall–Kier alpha value is -1.78. The Morgan fingerprint density at radius 2 is 2.33 bits per heavy atom. The zero-order valence-electron chi connectivity index (χ0n) is 10.7. The van der Waals surface area contributed by atoms with Crippen LogP contribution in [-0.4, -0.2) is 20.9 Å². The molecule has 0 atom stereocenters. The third-order valence-electron chi connectivity index (χ3n) is 3.76. The van der Waals surface area contributed by atoms with Crippen LogP contribution in [0.25, 0.3) is 5.65 Å². The minimum Gasteiger partial charge on any atom is -0.382 e. The Kier molecular flexibility index (Phi) is 2.61. The largest absolute Gasteiger partial charge is 0.382 e. The average molecular weight is 245 g/mol. The minimum absolute atomic E-state index is 0.491. The van der Waals surface area contributed by atoms with E-state index in [4.69, 9.17) is 5.73 Å². The highest BCUT2D eigenvalue weighted by Crippen LogP contribution is 2.49. The molecule has 0 unspecified atom stereocenters. The first kappa shape index (κ1) is 11.3. The third kappa shape index (κ3) is 2.00. The van der Waals surface area contributed by atoms with E-state index in [1.807, 2.05) is 10.6 Å². The summed E-state index contributed by atoms with van der Waals surface area (Å²) in [5.41, 5.74) is 7.13. The van der Waals surface area contributed by atoms with Gasteiger partial charge in [0.25, 0.3) is 0 Å². The number of nitrogen functional groups attached to an aromatic ring is 1. The molecule has 2 aromatic heterocycles. The summed E-state index contributed by atoms with van der Waals surface area (Å²) >= 11 is 0. The van der Waals surface area contributed by atoms with Gasteiger partial charge < -0.3 is 15.5 Å². The van der Waals surface area contributed by atoms with Crippen molar-refractivity contribution in [3.8, 4) is 0 Å². The van der Waals surface area contributed by atoms with Crippen LogP contribution in [0.2, 0.25) is 0 Å². The molecule has 1 aliphatic carbocycles. The molecule has 0 aromatic carbocycles. The molecular formula is C13H19N5. The van der Waals surface area contributed by atoms with E-state index in [-0.39, 0.29) is 0 Å². The highest BCUT2D eigenvalue weighted by Gasteiger charge is 2.41. The molecule has 0 radical (unpaired) electrons. The van der Waals surface area contributed by atoms with E-state index in [0.717, 1.165) is 18.0 Å². The van der Waals surface area contributed by atoms with Crippen LogP contribution in [0, 0.1) is 5.41 Å². The second-order valence-electron chi connectivity index (χ2n) is 5.28. The molecule has 2 heterocycles. The van der Waals surface area contributed by atoms with E-state index < -0.39 is 0 Å².